The quantitative estimate of drug-likeness (QED) is 0.495. The molecule has 0 atom stereocenters. The van der Waals surface area contributed by atoms with Crippen molar-refractivity contribution in [3.63, 3.8) is 0 Å². The number of amides is 2. The van der Waals surface area contributed by atoms with E-state index in [4.69, 9.17) is 10.3 Å². The molecule has 0 saturated carbocycles. The Morgan fingerprint density at radius 2 is 2.05 bits per heavy atom. The van der Waals surface area contributed by atoms with Crippen LogP contribution in [0.15, 0.2) is 23.4 Å². The molecule has 2 amide bonds. The van der Waals surface area contributed by atoms with E-state index >= 15 is 0 Å². The normalized spacial score (nSPS) is 8.32. The molecule has 1 aromatic carbocycles. The summed E-state index contributed by atoms with van der Waals surface area (Å²) < 4.78 is 30.1. The van der Waals surface area contributed by atoms with Gasteiger partial charge in [-0.3, -0.25) is 0 Å². The van der Waals surface area contributed by atoms with Crippen LogP contribution in [0, 0.1) is 24.2 Å². The number of terminal acetylenes is 1. The Kier molecular flexibility index (Phi) is 13.1. The highest BCUT2D eigenvalue weighted by molar-refractivity contribution is 5.92. The maximum Gasteiger partial charge on any atom is 0.343 e. The molecule has 0 aliphatic heterocycles. The lowest BCUT2D eigenvalue weighted by molar-refractivity contribution is 0.246. The Morgan fingerprint density at radius 3 is 2.50 bits per heavy atom. The topological polar surface area (TPSA) is 77.8 Å². The molecule has 0 aliphatic carbocycles. The van der Waals surface area contributed by atoms with Crippen LogP contribution >= 0.6 is 0 Å². The van der Waals surface area contributed by atoms with E-state index in [0.717, 1.165) is 12.1 Å². The first kappa shape index (κ1) is 21.6. The van der Waals surface area contributed by atoms with Gasteiger partial charge in [0.1, 0.15) is 30.5 Å². The van der Waals surface area contributed by atoms with E-state index in [-0.39, 0.29) is 18.0 Å². The minimum absolute atomic E-state index is 0.0548. The first-order valence-corrected chi connectivity index (χ1v) is 6.35. The molecule has 0 spiro atoms. The van der Waals surface area contributed by atoms with E-state index in [2.05, 4.69) is 23.4 Å². The molecule has 1 aromatic rings. The molecule has 0 heterocycles. The van der Waals surface area contributed by atoms with Crippen molar-refractivity contribution in [2.75, 3.05) is 25.3 Å². The van der Waals surface area contributed by atoms with Gasteiger partial charge in [0.25, 0.3) is 0 Å². The number of halogens is 2. The number of carbonyl (C=O) groups is 1. The number of urea groups is 1. The molecule has 2 N–H and O–H groups in total. The number of rotatable bonds is 5. The van der Waals surface area contributed by atoms with Gasteiger partial charge in [-0.1, -0.05) is 19.1 Å². The third kappa shape index (κ3) is 6.65. The first-order chi connectivity index (χ1) is 10.6. The van der Waals surface area contributed by atoms with Crippen LogP contribution in [0.4, 0.5) is 19.3 Å². The number of nitrogens with one attached hydrogen (secondary N) is 2. The third-order valence-corrected chi connectivity index (χ3v) is 1.99. The van der Waals surface area contributed by atoms with Crippen molar-refractivity contribution in [1.82, 2.24) is 5.32 Å². The summed E-state index contributed by atoms with van der Waals surface area (Å²) in [5, 5.41) is 5.94. The minimum atomic E-state index is -0.756. The summed E-state index contributed by atoms with van der Waals surface area (Å²) in [5.41, 5.74) is 6.98. The summed E-state index contributed by atoms with van der Waals surface area (Å²) in [7, 11) is 1.35. The Balaban J connectivity index is 0. The fourth-order valence-electron chi connectivity index (χ4n) is 1.24. The Bertz CT molecular complexity index is 481. The molecule has 0 saturated heterocycles. The average molecular weight is 314 g/mol. The van der Waals surface area contributed by atoms with Crippen molar-refractivity contribution in [1.29, 1.82) is 5.53 Å². The predicted molar refractivity (Wildman–Crippen MR) is 81.2 cm³/mol. The zero-order valence-electron chi connectivity index (χ0n) is 12.8. The largest absolute Gasteiger partial charge is 0.488 e. The number of alkyl halides is 1. The molecular formula is C14H20F2N4O2. The molecule has 0 unspecified atom stereocenters. The van der Waals surface area contributed by atoms with Gasteiger partial charge in [-0.05, 0) is 12.1 Å². The monoisotopic (exact) mass is 314 g/mol. The van der Waals surface area contributed by atoms with Crippen LogP contribution in [-0.2, 0) is 0 Å². The maximum atomic E-state index is 13.1. The van der Waals surface area contributed by atoms with Crippen molar-refractivity contribution in [3.8, 4) is 18.6 Å². The highest BCUT2D eigenvalue weighted by Gasteiger charge is 2.19. The first-order valence-electron chi connectivity index (χ1n) is 6.35. The van der Waals surface area contributed by atoms with Crippen LogP contribution in [0.1, 0.15) is 13.8 Å². The van der Waals surface area contributed by atoms with Gasteiger partial charge in [0.2, 0.25) is 0 Å². The van der Waals surface area contributed by atoms with Crippen LogP contribution in [0.25, 0.3) is 0 Å². The van der Waals surface area contributed by atoms with Crippen molar-refractivity contribution in [2.45, 2.75) is 13.8 Å². The molecule has 0 radical (unpaired) electrons. The molecule has 1 rings (SSSR count). The average Bonchev–Trinajstić information content (AvgIpc) is 2.58. The Labute approximate surface area is 128 Å². The zero-order valence-corrected chi connectivity index (χ0v) is 12.8. The van der Waals surface area contributed by atoms with Crippen LogP contribution < -0.4 is 15.1 Å². The fourth-order valence-corrected chi connectivity index (χ4v) is 1.24. The maximum absolute atomic E-state index is 13.1. The second kappa shape index (κ2) is 13.3. The minimum Gasteiger partial charge on any atom is -0.488 e. The molecule has 22 heavy (non-hydrogen) atoms. The van der Waals surface area contributed by atoms with Gasteiger partial charge in [0.05, 0.1) is 0 Å². The van der Waals surface area contributed by atoms with Crippen molar-refractivity contribution >= 4 is 11.7 Å². The summed E-state index contributed by atoms with van der Waals surface area (Å²) in [4.78, 5) is 11.4. The summed E-state index contributed by atoms with van der Waals surface area (Å²) in [6, 6.07) is 2.60. The number of ether oxygens (including phenoxy) is 1. The van der Waals surface area contributed by atoms with Crippen LogP contribution in [0.3, 0.4) is 0 Å². The smallest absolute Gasteiger partial charge is 0.343 e. The van der Waals surface area contributed by atoms with Gasteiger partial charge in [-0.25, -0.2) is 13.6 Å². The summed E-state index contributed by atoms with van der Waals surface area (Å²) in [6.45, 7) is 2.96. The van der Waals surface area contributed by atoms with Crippen molar-refractivity contribution < 1.29 is 18.3 Å². The van der Waals surface area contributed by atoms with Crippen molar-refractivity contribution in [2.24, 2.45) is 5.22 Å². The summed E-state index contributed by atoms with van der Waals surface area (Å²) in [6.07, 6.45) is 8.00. The lowest BCUT2D eigenvalue weighted by atomic mass is 10.2. The van der Waals surface area contributed by atoms with Gasteiger partial charge < -0.3 is 10.1 Å². The van der Waals surface area contributed by atoms with Gasteiger partial charge in [0, 0.05) is 13.1 Å². The second-order valence-electron chi connectivity index (χ2n) is 3.12. The molecule has 0 aliphatic rings. The van der Waals surface area contributed by atoms with Gasteiger partial charge >= 0.3 is 6.03 Å². The summed E-state index contributed by atoms with van der Waals surface area (Å²) >= 11 is 0. The lowest BCUT2D eigenvalue weighted by Crippen LogP contribution is -2.34. The highest BCUT2D eigenvalue weighted by atomic mass is 19.1. The molecule has 8 heteroatoms. The van der Waals surface area contributed by atoms with Crippen LogP contribution in [-0.4, -0.2) is 26.4 Å². The number of benzene rings is 1. The van der Waals surface area contributed by atoms with Crippen LogP contribution in [0.2, 0.25) is 0 Å². The number of hydrogen-bond donors (Lipinski definition) is 2. The van der Waals surface area contributed by atoms with Gasteiger partial charge in [-0.2, -0.15) is 10.5 Å². The number of anilines is 1. The van der Waals surface area contributed by atoms with Gasteiger partial charge in [0.15, 0.2) is 0 Å². The zero-order chi connectivity index (χ0) is 17.5. The van der Waals surface area contributed by atoms with E-state index in [1.807, 2.05) is 13.8 Å². The van der Waals surface area contributed by atoms with Gasteiger partial charge in [-0.15, -0.1) is 12.8 Å². The second-order valence-corrected chi connectivity index (χ2v) is 3.12. The van der Waals surface area contributed by atoms with E-state index in [0.29, 0.717) is 5.01 Å². The molecule has 6 nitrogen and oxygen atoms in total. The lowest BCUT2D eigenvalue weighted by Gasteiger charge is -2.18. The van der Waals surface area contributed by atoms with Crippen LogP contribution in [0.5, 0.6) is 5.75 Å². The molecule has 0 bridgehead atoms. The fraction of sp³-hybridized carbons (Fsp3) is 0.357. The summed E-state index contributed by atoms with van der Waals surface area (Å²) in [5.74, 6) is -0.665. The highest BCUT2D eigenvalue weighted by Crippen LogP contribution is 2.29. The van der Waals surface area contributed by atoms with E-state index in [1.165, 1.54) is 13.1 Å². The number of hydrogen-bond acceptors (Lipinski definition) is 4. The number of carbonyl (C=O) groups excluding carboxylic acids is 1. The number of nitrogens with zero attached hydrogens (tertiary/aromatic N) is 2. The Morgan fingerprint density at radius 1 is 1.45 bits per heavy atom. The van der Waals surface area contributed by atoms with Crippen molar-refractivity contribution in [3.05, 3.63) is 24.0 Å². The van der Waals surface area contributed by atoms with E-state index in [9.17, 15) is 13.6 Å². The SMILES string of the molecule is C#C.CC.CNC(=O)N(N=N)c1ccc(F)cc1OCCF. The van der Waals surface area contributed by atoms with E-state index in [1.54, 1.807) is 0 Å². The molecular weight excluding hydrogens is 294 g/mol. The standard InChI is InChI=1S/C10H12F2N4O2.C2H6.C2H2/c1-14-10(17)16(15-13)8-3-2-7(12)6-9(8)18-5-4-11;2*1-2/h2-3,6,13H,4-5H2,1H3,(H,14,17);1-2H3;1-2H. The third-order valence-electron chi connectivity index (χ3n) is 1.99. The predicted octanol–water partition coefficient (Wildman–Crippen LogP) is 3.54. The molecule has 122 valence electrons. The van der Waals surface area contributed by atoms with E-state index < -0.39 is 18.5 Å². The molecule has 0 fully saturated rings. The molecule has 0 aromatic heterocycles. The Hall–Kier alpha value is -2.69.